The Bertz CT molecular complexity index is 1210. The molecular formula is C29H34ClN5S. The largest absolute Gasteiger partial charge is 0.370 e. The lowest BCUT2D eigenvalue weighted by Gasteiger charge is -2.33. The number of pyridine rings is 1. The van der Waals surface area contributed by atoms with Crippen LogP contribution in [0.15, 0.2) is 61.1 Å². The maximum Gasteiger partial charge on any atom is 0.174 e. The van der Waals surface area contributed by atoms with Crippen molar-refractivity contribution in [1.82, 2.24) is 14.9 Å². The van der Waals surface area contributed by atoms with Gasteiger partial charge in [0.2, 0.25) is 0 Å². The third-order valence-corrected chi connectivity index (χ3v) is 8.87. The molecule has 2 unspecified atom stereocenters. The molecule has 2 aromatic heterocycles. The lowest BCUT2D eigenvalue weighted by Crippen LogP contribution is -2.33. The van der Waals surface area contributed by atoms with Gasteiger partial charge in [-0.1, -0.05) is 37.4 Å². The van der Waals surface area contributed by atoms with Crippen LogP contribution in [-0.4, -0.2) is 27.8 Å². The SMILES string of the molecule is CC1CCN(c2ccc(N3C(=S)NC(c4ccccn4)C3c3ccn(C4CCCC4)c3)cc2Cl)CC1. The average molecular weight is 520 g/mol. The first kappa shape index (κ1) is 23.8. The van der Waals surface area contributed by atoms with Crippen molar-refractivity contribution in [2.24, 2.45) is 5.92 Å². The Labute approximate surface area is 224 Å². The second-order valence-corrected chi connectivity index (χ2v) is 11.4. The van der Waals surface area contributed by atoms with Crippen LogP contribution >= 0.6 is 23.8 Å². The first-order chi connectivity index (χ1) is 17.6. The molecule has 0 radical (unpaired) electrons. The molecular weight excluding hydrogens is 486 g/mol. The highest BCUT2D eigenvalue weighted by Crippen LogP contribution is 2.44. The molecule has 2 atom stereocenters. The van der Waals surface area contributed by atoms with Crippen molar-refractivity contribution in [3.05, 3.63) is 77.3 Å². The summed E-state index contributed by atoms with van der Waals surface area (Å²) < 4.78 is 2.41. The molecule has 0 spiro atoms. The van der Waals surface area contributed by atoms with Crippen molar-refractivity contribution in [1.29, 1.82) is 0 Å². The molecule has 3 aromatic rings. The summed E-state index contributed by atoms with van der Waals surface area (Å²) in [6.07, 6.45) is 14.0. The van der Waals surface area contributed by atoms with E-state index in [1.165, 1.54) is 44.1 Å². The highest BCUT2D eigenvalue weighted by atomic mass is 35.5. The number of rotatable bonds is 5. The highest BCUT2D eigenvalue weighted by Gasteiger charge is 2.41. The number of hydrogen-bond acceptors (Lipinski definition) is 3. The fourth-order valence-corrected chi connectivity index (χ4v) is 6.80. The Morgan fingerprint density at radius 1 is 1.03 bits per heavy atom. The van der Waals surface area contributed by atoms with Gasteiger partial charge >= 0.3 is 0 Å². The summed E-state index contributed by atoms with van der Waals surface area (Å²) in [5, 5.41) is 5.07. The quantitative estimate of drug-likeness (QED) is 0.365. The van der Waals surface area contributed by atoms with Gasteiger partial charge in [0.1, 0.15) is 0 Å². The van der Waals surface area contributed by atoms with Crippen molar-refractivity contribution in [3.8, 4) is 0 Å². The second-order valence-electron chi connectivity index (χ2n) is 10.6. The van der Waals surface area contributed by atoms with E-state index in [4.69, 9.17) is 28.8 Å². The van der Waals surface area contributed by atoms with E-state index < -0.39 is 0 Å². The zero-order valence-corrected chi connectivity index (χ0v) is 22.4. The summed E-state index contributed by atoms with van der Waals surface area (Å²) in [5.41, 5.74) is 4.38. The van der Waals surface area contributed by atoms with Crippen LogP contribution in [-0.2, 0) is 0 Å². The van der Waals surface area contributed by atoms with Gasteiger partial charge < -0.3 is 19.7 Å². The lowest BCUT2D eigenvalue weighted by atomic mass is 9.98. The summed E-state index contributed by atoms with van der Waals surface area (Å²) in [5.74, 6) is 0.785. The molecule has 1 aromatic carbocycles. The van der Waals surface area contributed by atoms with Gasteiger partial charge in [-0.3, -0.25) is 4.98 Å². The van der Waals surface area contributed by atoms with Crippen molar-refractivity contribution in [2.45, 2.75) is 63.6 Å². The van der Waals surface area contributed by atoms with Gasteiger partial charge in [-0.2, -0.15) is 0 Å². The standard InChI is InChI=1S/C29H34ClN5S/c1-20-11-15-33(16-12-20)26-10-9-23(18-24(26)30)35-28(21-13-17-34(19-21)22-6-2-3-7-22)27(32-29(35)36)25-8-4-5-14-31-25/h4-5,8-10,13-14,17-20,22,27-28H,2-3,6-7,11-12,15-16H2,1H3,(H,32,36). The number of anilines is 2. The van der Waals surface area contributed by atoms with E-state index in [-0.39, 0.29) is 12.1 Å². The maximum absolute atomic E-state index is 6.91. The minimum Gasteiger partial charge on any atom is -0.370 e. The molecule has 1 saturated carbocycles. The van der Waals surface area contributed by atoms with Crippen molar-refractivity contribution < 1.29 is 0 Å². The number of halogens is 1. The molecule has 4 heterocycles. The van der Waals surface area contributed by atoms with Gasteiger partial charge in [-0.15, -0.1) is 0 Å². The van der Waals surface area contributed by atoms with Crippen LogP contribution in [0.2, 0.25) is 5.02 Å². The van der Waals surface area contributed by atoms with E-state index in [2.05, 4.69) is 69.3 Å². The molecule has 7 heteroatoms. The number of hydrogen-bond donors (Lipinski definition) is 1. The van der Waals surface area contributed by atoms with E-state index in [1.54, 1.807) is 0 Å². The van der Waals surface area contributed by atoms with Crippen LogP contribution in [0.25, 0.3) is 0 Å². The van der Waals surface area contributed by atoms with Gasteiger partial charge in [0.15, 0.2) is 5.11 Å². The molecule has 3 aliphatic rings. The number of nitrogens with one attached hydrogen (secondary N) is 1. The monoisotopic (exact) mass is 519 g/mol. The van der Waals surface area contributed by atoms with Gasteiger partial charge in [-0.05, 0) is 85.8 Å². The normalized spacial score (nSPS) is 23.4. The first-order valence-electron chi connectivity index (χ1n) is 13.3. The van der Waals surface area contributed by atoms with Gasteiger partial charge in [-0.25, -0.2) is 0 Å². The van der Waals surface area contributed by atoms with Crippen LogP contribution < -0.4 is 15.1 Å². The number of piperidine rings is 1. The first-order valence-corrected chi connectivity index (χ1v) is 14.1. The van der Waals surface area contributed by atoms with Crippen molar-refractivity contribution >= 4 is 40.3 Å². The Hall–Kier alpha value is -2.57. The number of aromatic nitrogens is 2. The van der Waals surface area contributed by atoms with Gasteiger partial charge in [0.25, 0.3) is 0 Å². The molecule has 2 saturated heterocycles. The van der Waals surface area contributed by atoms with Crippen LogP contribution in [0, 0.1) is 5.92 Å². The molecule has 0 amide bonds. The fraction of sp³-hybridized carbons (Fsp3) is 0.448. The molecule has 36 heavy (non-hydrogen) atoms. The lowest BCUT2D eigenvalue weighted by molar-refractivity contribution is 0.438. The van der Waals surface area contributed by atoms with E-state index in [1.807, 2.05) is 18.3 Å². The molecule has 1 aliphatic carbocycles. The van der Waals surface area contributed by atoms with Crippen LogP contribution in [0.5, 0.6) is 0 Å². The zero-order chi connectivity index (χ0) is 24.6. The highest BCUT2D eigenvalue weighted by molar-refractivity contribution is 7.80. The predicted molar refractivity (Wildman–Crippen MR) is 152 cm³/mol. The smallest absolute Gasteiger partial charge is 0.174 e. The fourth-order valence-electron chi connectivity index (χ4n) is 6.16. The van der Waals surface area contributed by atoms with E-state index >= 15 is 0 Å². The number of benzene rings is 1. The molecule has 6 rings (SSSR count). The van der Waals surface area contributed by atoms with Crippen LogP contribution in [0.1, 0.15) is 74.8 Å². The summed E-state index contributed by atoms with van der Waals surface area (Å²) in [7, 11) is 0. The van der Waals surface area contributed by atoms with Crippen LogP contribution in [0.4, 0.5) is 11.4 Å². The Morgan fingerprint density at radius 3 is 2.56 bits per heavy atom. The predicted octanol–water partition coefficient (Wildman–Crippen LogP) is 7.07. The van der Waals surface area contributed by atoms with E-state index in [0.29, 0.717) is 11.2 Å². The summed E-state index contributed by atoms with van der Waals surface area (Å²) in [6, 6.07) is 15.3. The number of thiocarbonyl (C=S) groups is 1. The Balaban J connectivity index is 1.35. The summed E-state index contributed by atoms with van der Waals surface area (Å²) >= 11 is 12.8. The second kappa shape index (κ2) is 10.1. The topological polar surface area (TPSA) is 36.3 Å². The molecule has 2 aliphatic heterocycles. The Morgan fingerprint density at radius 2 is 1.83 bits per heavy atom. The molecule has 1 N–H and O–H groups in total. The zero-order valence-electron chi connectivity index (χ0n) is 20.8. The van der Waals surface area contributed by atoms with Crippen molar-refractivity contribution in [2.75, 3.05) is 22.9 Å². The van der Waals surface area contributed by atoms with Gasteiger partial charge in [0.05, 0.1) is 28.5 Å². The van der Waals surface area contributed by atoms with Crippen LogP contribution in [0.3, 0.4) is 0 Å². The molecule has 5 nitrogen and oxygen atoms in total. The number of nitrogens with zero attached hydrogens (tertiary/aromatic N) is 4. The molecule has 188 valence electrons. The molecule has 3 fully saturated rings. The minimum atomic E-state index is -0.0415. The van der Waals surface area contributed by atoms with E-state index in [0.717, 1.165) is 41.1 Å². The third-order valence-electron chi connectivity index (χ3n) is 8.26. The maximum atomic E-state index is 6.91. The van der Waals surface area contributed by atoms with Crippen molar-refractivity contribution in [3.63, 3.8) is 0 Å². The van der Waals surface area contributed by atoms with E-state index in [9.17, 15) is 0 Å². The average Bonchev–Trinajstić information content (AvgIpc) is 3.65. The summed E-state index contributed by atoms with van der Waals surface area (Å²) in [6.45, 7) is 4.45. The Kier molecular flexibility index (Phi) is 6.65. The minimum absolute atomic E-state index is 0.00666. The third kappa shape index (κ3) is 4.50. The summed E-state index contributed by atoms with van der Waals surface area (Å²) in [4.78, 5) is 9.35. The molecule has 0 bridgehead atoms. The van der Waals surface area contributed by atoms with Gasteiger partial charge in [0, 0.05) is 43.4 Å².